The smallest absolute Gasteiger partial charge is 0.328 e. The number of aliphatic hydroxyl groups is 1. The third kappa shape index (κ3) is 5.44. The molecule has 1 rings (SSSR count). The van der Waals surface area contributed by atoms with Crippen molar-refractivity contribution in [2.75, 3.05) is 26.3 Å². The fourth-order valence-electron chi connectivity index (χ4n) is 1.73. The van der Waals surface area contributed by atoms with E-state index in [1.807, 2.05) is 0 Å². The van der Waals surface area contributed by atoms with E-state index < -0.39 is 24.5 Å². The topological polar surface area (TPSA) is 108 Å². The molecule has 0 aromatic carbocycles. The zero-order chi connectivity index (χ0) is 13.4. The molecule has 1 fully saturated rings. The van der Waals surface area contributed by atoms with Crippen LogP contribution in [-0.4, -0.2) is 60.5 Å². The van der Waals surface area contributed by atoms with Crippen LogP contribution >= 0.6 is 0 Å². The molecule has 1 aliphatic heterocycles. The molecule has 0 bridgehead atoms. The first-order chi connectivity index (χ1) is 8.63. The zero-order valence-corrected chi connectivity index (χ0v) is 10.2. The number of nitrogens with one attached hydrogen (secondary N) is 2. The molecule has 1 amide bonds. The number of amides is 1. The Bertz CT molecular complexity index is 279. The Hall–Kier alpha value is -1.18. The van der Waals surface area contributed by atoms with Crippen LogP contribution in [0.1, 0.15) is 19.3 Å². The van der Waals surface area contributed by atoms with E-state index in [1.165, 1.54) is 0 Å². The van der Waals surface area contributed by atoms with Gasteiger partial charge in [0.2, 0.25) is 5.91 Å². The quantitative estimate of drug-likeness (QED) is 0.453. The van der Waals surface area contributed by atoms with E-state index in [2.05, 4.69) is 10.6 Å². The number of carbonyl (C=O) groups is 2. The predicted molar refractivity (Wildman–Crippen MR) is 63.1 cm³/mol. The number of piperidine rings is 1. The average molecular weight is 260 g/mol. The van der Waals surface area contributed by atoms with Gasteiger partial charge in [-0.15, -0.1) is 0 Å². The van der Waals surface area contributed by atoms with Crippen LogP contribution in [0.2, 0.25) is 0 Å². The number of aliphatic hydroxyl groups excluding tert-OH is 1. The first kappa shape index (κ1) is 14.9. The second-order valence-corrected chi connectivity index (χ2v) is 4.21. The van der Waals surface area contributed by atoms with Crippen LogP contribution in [-0.2, 0) is 14.3 Å². The lowest BCUT2D eigenvalue weighted by molar-refractivity contribution is -0.143. The van der Waals surface area contributed by atoms with E-state index in [0.717, 1.165) is 25.9 Å². The molecule has 4 N–H and O–H groups in total. The first-order valence-corrected chi connectivity index (χ1v) is 6.09. The maximum atomic E-state index is 11.4. The third-order valence-electron chi connectivity index (χ3n) is 2.78. The Balaban J connectivity index is 2.14. The summed E-state index contributed by atoms with van der Waals surface area (Å²) in [6.45, 7) is 1.50. The minimum atomic E-state index is -1.25. The summed E-state index contributed by atoms with van der Waals surface area (Å²) in [4.78, 5) is 22.0. The van der Waals surface area contributed by atoms with Crippen LogP contribution in [0.15, 0.2) is 0 Å². The summed E-state index contributed by atoms with van der Waals surface area (Å²) < 4.78 is 5.52. The van der Waals surface area contributed by atoms with Gasteiger partial charge in [-0.25, -0.2) is 4.79 Å². The Morgan fingerprint density at radius 1 is 1.39 bits per heavy atom. The van der Waals surface area contributed by atoms with Gasteiger partial charge >= 0.3 is 5.97 Å². The van der Waals surface area contributed by atoms with Gasteiger partial charge in [0, 0.05) is 6.42 Å². The molecule has 0 aromatic heterocycles. The molecule has 1 aliphatic rings. The Labute approximate surface area is 106 Å². The van der Waals surface area contributed by atoms with E-state index in [4.69, 9.17) is 14.9 Å². The Morgan fingerprint density at radius 3 is 2.61 bits per heavy atom. The van der Waals surface area contributed by atoms with Gasteiger partial charge in [0.05, 0.1) is 19.3 Å². The van der Waals surface area contributed by atoms with Crippen molar-refractivity contribution in [3.05, 3.63) is 0 Å². The summed E-state index contributed by atoms with van der Waals surface area (Å²) in [5, 5.41) is 22.8. The van der Waals surface area contributed by atoms with E-state index in [-0.39, 0.29) is 19.1 Å². The number of carboxylic acid groups (broad SMARTS) is 1. The van der Waals surface area contributed by atoms with Crippen molar-refractivity contribution >= 4 is 11.9 Å². The Kier molecular flexibility index (Phi) is 6.63. The van der Waals surface area contributed by atoms with Crippen LogP contribution < -0.4 is 10.6 Å². The van der Waals surface area contributed by atoms with Crippen LogP contribution in [0.4, 0.5) is 0 Å². The van der Waals surface area contributed by atoms with Crippen molar-refractivity contribution in [1.82, 2.24) is 10.6 Å². The molecular weight excluding hydrogens is 240 g/mol. The molecule has 7 nitrogen and oxygen atoms in total. The summed E-state index contributed by atoms with van der Waals surface area (Å²) >= 11 is 0. The van der Waals surface area contributed by atoms with Gasteiger partial charge in [0.15, 0.2) is 0 Å². The number of hydrogen-bond donors (Lipinski definition) is 4. The van der Waals surface area contributed by atoms with E-state index in [9.17, 15) is 9.59 Å². The van der Waals surface area contributed by atoms with Gasteiger partial charge in [-0.3, -0.25) is 4.79 Å². The van der Waals surface area contributed by atoms with E-state index >= 15 is 0 Å². The molecule has 18 heavy (non-hydrogen) atoms. The number of aliphatic carboxylic acids is 1. The van der Waals surface area contributed by atoms with Crippen molar-refractivity contribution in [3.8, 4) is 0 Å². The second kappa shape index (κ2) is 8.02. The van der Waals surface area contributed by atoms with Gasteiger partial charge in [0.25, 0.3) is 0 Å². The minimum Gasteiger partial charge on any atom is -0.480 e. The maximum absolute atomic E-state index is 11.4. The molecule has 7 heteroatoms. The number of ether oxygens (including phenoxy) is 1. The number of hydrogen-bond acceptors (Lipinski definition) is 5. The fourth-order valence-corrected chi connectivity index (χ4v) is 1.73. The number of carboxylic acids is 1. The molecule has 0 unspecified atom stereocenters. The molecule has 0 aromatic rings. The first-order valence-electron chi connectivity index (χ1n) is 6.09. The minimum absolute atomic E-state index is 0.105. The molecule has 0 aliphatic carbocycles. The molecular formula is C11H20N2O5. The zero-order valence-electron chi connectivity index (χ0n) is 10.2. The molecule has 0 radical (unpaired) electrons. The van der Waals surface area contributed by atoms with Gasteiger partial charge in [-0.2, -0.15) is 0 Å². The van der Waals surface area contributed by atoms with Gasteiger partial charge in [-0.05, 0) is 25.9 Å². The lowest BCUT2D eigenvalue weighted by Gasteiger charge is -2.22. The van der Waals surface area contributed by atoms with Crippen LogP contribution in [0.5, 0.6) is 0 Å². The van der Waals surface area contributed by atoms with Crippen molar-refractivity contribution in [2.45, 2.75) is 31.4 Å². The summed E-state index contributed by atoms with van der Waals surface area (Å²) in [6, 6.07) is -1.24. The highest BCUT2D eigenvalue weighted by Crippen LogP contribution is 2.07. The molecule has 0 saturated carbocycles. The van der Waals surface area contributed by atoms with E-state index in [1.54, 1.807) is 0 Å². The monoisotopic (exact) mass is 260 g/mol. The summed E-state index contributed by atoms with van der Waals surface area (Å²) in [6.07, 6.45) is 2.13. The molecule has 1 heterocycles. The maximum Gasteiger partial charge on any atom is 0.328 e. The lowest BCUT2D eigenvalue weighted by atomic mass is 10.1. The fraction of sp³-hybridized carbons (Fsp3) is 0.818. The standard InChI is InChI=1S/C11H20N2O5/c14-7-9(11(16)17)13-10(15)3-6-18-8-1-4-12-5-2-8/h8-9,12,14H,1-7H2,(H,13,15)(H,16,17)/t9-/m0/s1. The molecule has 104 valence electrons. The number of carbonyl (C=O) groups excluding carboxylic acids is 1. The highest BCUT2D eigenvalue weighted by molar-refractivity contribution is 5.83. The molecule has 1 saturated heterocycles. The van der Waals surface area contributed by atoms with Crippen molar-refractivity contribution in [2.24, 2.45) is 0 Å². The number of rotatable bonds is 7. The summed E-state index contributed by atoms with van der Waals surface area (Å²) in [5.41, 5.74) is 0. The van der Waals surface area contributed by atoms with Crippen LogP contribution in [0, 0.1) is 0 Å². The normalized spacial score (nSPS) is 18.3. The average Bonchev–Trinajstić information content (AvgIpc) is 2.37. The van der Waals surface area contributed by atoms with Crippen LogP contribution in [0.3, 0.4) is 0 Å². The Morgan fingerprint density at radius 2 is 2.06 bits per heavy atom. The predicted octanol–water partition coefficient (Wildman–Crippen LogP) is -1.29. The van der Waals surface area contributed by atoms with Crippen molar-refractivity contribution in [3.63, 3.8) is 0 Å². The van der Waals surface area contributed by atoms with Gasteiger partial charge < -0.3 is 25.6 Å². The second-order valence-electron chi connectivity index (χ2n) is 4.21. The SMILES string of the molecule is O=C(CCOC1CCNCC1)N[C@@H](CO)C(=O)O. The van der Waals surface area contributed by atoms with Gasteiger partial charge in [-0.1, -0.05) is 0 Å². The lowest BCUT2D eigenvalue weighted by Crippen LogP contribution is -2.43. The third-order valence-corrected chi connectivity index (χ3v) is 2.78. The highest BCUT2D eigenvalue weighted by atomic mass is 16.5. The largest absolute Gasteiger partial charge is 0.480 e. The highest BCUT2D eigenvalue weighted by Gasteiger charge is 2.19. The van der Waals surface area contributed by atoms with Crippen LogP contribution in [0.25, 0.3) is 0 Å². The molecule has 0 spiro atoms. The molecule has 1 atom stereocenters. The van der Waals surface area contributed by atoms with Crippen molar-refractivity contribution < 1.29 is 24.5 Å². The van der Waals surface area contributed by atoms with Gasteiger partial charge in [0.1, 0.15) is 6.04 Å². The summed E-state index contributed by atoms with van der Waals surface area (Å²) in [7, 11) is 0. The van der Waals surface area contributed by atoms with E-state index in [0.29, 0.717) is 0 Å². The van der Waals surface area contributed by atoms with Crippen molar-refractivity contribution in [1.29, 1.82) is 0 Å². The summed E-state index contributed by atoms with van der Waals surface area (Å²) in [5.74, 6) is -1.67.